The van der Waals surface area contributed by atoms with Gasteiger partial charge in [-0.05, 0) is 57.9 Å². The van der Waals surface area contributed by atoms with Crippen LogP contribution in [0.15, 0.2) is 0 Å². The molecule has 2 saturated carbocycles. The van der Waals surface area contributed by atoms with Crippen LogP contribution in [-0.2, 0) is 4.74 Å². The molecule has 14 heavy (non-hydrogen) atoms. The maximum Gasteiger partial charge on any atom is 0.0547 e. The van der Waals surface area contributed by atoms with Gasteiger partial charge in [-0.25, -0.2) is 0 Å². The van der Waals surface area contributed by atoms with Gasteiger partial charge >= 0.3 is 0 Å². The normalized spacial score (nSPS) is 23.8. The van der Waals surface area contributed by atoms with Gasteiger partial charge < -0.3 is 10.1 Å². The smallest absolute Gasteiger partial charge is 0.0547 e. The lowest BCUT2D eigenvalue weighted by molar-refractivity contribution is 0.0516. The summed E-state index contributed by atoms with van der Waals surface area (Å²) in [5, 5.41) is 3.53. The van der Waals surface area contributed by atoms with Crippen LogP contribution in [0.2, 0.25) is 0 Å². The monoisotopic (exact) mass is 197 g/mol. The molecule has 2 rings (SSSR count). The van der Waals surface area contributed by atoms with Crippen LogP contribution in [0, 0.1) is 5.92 Å². The van der Waals surface area contributed by atoms with E-state index in [1.165, 1.54) is 45.1 Å². The molecule has 0 saturated heterocycles. The molecule has 0 amide bonds. The van der Waals surface area contributed by atoms with Gasteiger partial charge in [0.05, 0.1) is 6.10 Å². The first-order valence-corrected chi connectivity index (χ1v) is 6.19. The van der Waals surface area contributed by atoms with E-state index in [0.29, 0.717) is 6.10 Å². The Balaban J connectivity index is 1.38. The van der Waals surface area contributed by atoms with Crippen LogP contribution < -0.4 is 5.32 Å². The lowest BCUT2D eigenvalue weighted by Crippen LogP contribution is -2.19. The molecule has 0 radical (unpaired) electrons. The third-order valence-corrected chi connectivity index (χ3v) is 3.11. The maximum atomic E-state index is 5.76. The van der Waals surface area contributed by atoms with Crippen molar-refractivity contribution < 1.29 is 4.74 Å². The summed E-state index contributed by atoms with van der Waals surface area (Å²) < 4.78 is 5.76. The Morgan fingerprint density at radius 2 is 2.07 bits per heavy atom. The van der Waals surface area contributed by atoms with Crippen molar-refractivity contribution in [1.29, 1.82) is 0 Å². The molecule has 0 aromatic heterocycles. The highest BCUT2D eigenvalue weighted by Gasteiger charge is 2.22. The Kier molecular flexibility index (Phi) is 3.82. The summed E-state index contributed by atoms with van der Waals surface area (Å²) in [5.41, 5.74) is 0. The predicted molar refractivity (Wildman–Crippen MR) is 58.4 cm³/mol. The van der Waals surface area contributed by atoms with Gasteiger partial charge in [-0.15, -0.1) is 0 Å². The molecule has 2 nitrogen and oxygen atoms in total. The van der Waals surface area contributed by atoms with E-state index in [2.05, 4.69) is 12.2 Å². The molecule has 82 valence electrons. The number of nitrogens with one attached hydrogen (secondary N) is 1. The van der Waals surface area contributed by atoms with Crippen LogP contribution in [0.1, 0.15) is 45.4 Å². The summed E-state index contributed by atoms with van der Waals surface area (Å²) in [7, 11) is 0. The second kappa shape index (κ2) is 5.13. The minimum absolute atomic E-state index is 0.469. The fourth-order valence-electron chi connectivity index (χ4n) is 1.65. The zero-order chi connectivity index (χ0) is 9.80. The molecule has 0 aliphatic heterocycles. The van der Waals surface area contributed by atoms with E-state index in [1.54, 1.807) is 0 Å². The van der Waals surface area contributed by atoms with Crippen molar-refractivity contribution in [3.63, 3.8) is 0 Å². The Bertz CT molecular complexity index is 164. The highest BCUT2D eigenvalue weighted by atomic mass is 16.5. The van der Waals surface area contributed by atoms with Gasteiger partial charge in [-0.2, -0.15) is 0 Å². The fourth-order valence-corrected chi connectivity index (χ4v) is 1.65. The Morgan fingerprint density at radius 1 is 1.29 bits per heavy atom. The third kappa shape index (κ3) is 4.43. The molecule has 1 N–H and O–H groups in total. The summed E-state index contributed by atoms with van der Waals surface area (Å²) >= 11 is 0. The first-order valence-electron chi connectivity index (χ1n) is 6.19. The summed E-state index contributed by atoms with van der Waals surface area (Å²) in [4.78, 5) is 0. The van der Waals surface area contributed by atoms with E-state index in [0.717, 1.165) is 18.6 Å². The first kappa shape index (κ1) is 10.4. The minimum atomic E-state index is 0.469. The lowest BCUT2D eigenvalue weighted by atomic mass is 10.2. The van der Waals surface area contributed by atoms with Gasteiger partial charge in [-0.3, -0.25) is 0 Å². The van der Waals surface area contributed by atoms with Crippen molar-refractivity contribution >= 4 is 0 Å². The average molecular weight is 197 g/mol. The van der Waals surface area contributed by atoms with Crippen LogP contribution in [0.25, 0.3) is 0 Å². The van der Waals surface area contributed by atoms with Gasteiger partial charge in [0.1, 0.15) is 0 Å². The number of rotatable bonds is 8. The first-order chi connectivity index (χ1) is 6.84. The molecule has 0 heterocycles. The van der Waals surface area contributed by atoms with E-state index in [4.69, 9.17) is 4.74 Å². The van der Waals surface area contributed by atoms with Crippen molar-refractivity contribution in [3.05, 3.63) is 0 Å². The lowest BCUT2D eigenvalue weighted by Gasteiger charge is -2.12. The summed E-state index contributed by atoms with van der Waals surface area (Å²) in [6.45, 7) is 4.40. The van der Waals surface area contributed by atoms with Crippen molar-refractivity contribution in [3.8, 4) is 0 Å². The van der Waals surface area contributed by atoms with E-state index >= 15 is 0 Å². The molecular weight excluding hydrogens is 174 g/mol. The van der Waals surface area contributed by atoms with Crippen LogP contribution in [0.4, 0.5) is 0 Å². The molecule has 0 bridgehead atoms. The highest BCUT2D eigenvalue weighted by molar-refractivity contribution is 4.80. The second-order valence-corrected chi connectivity index (χ2v) is 4.96. The minimum Gasteiger partial charge on any atom is -0.378 e. The van der Waals surface area contributed by atoms with Crippen LogP contribution in [-0.4, -0.2) is 25.3 Å². The van der Waals surface area contributed by atoms with Crippen LogP contribution >= 0.6 is 0 Å². The average Bonchev–Trinajstić information content (AvgIpc) is 3.02. The van der Waals surface area contributed by atoms with Crippen molar-refractivity contribution in [2.24, 2.45) is 5.92 Å². The quantitative estimate of drug-likeness (QED) is 0.603. The molecule has 2 aliphatic rings. The summed E-state index contributed by atoms with van der Waals surface area (Å²) in [6.07, 6.45) is 8.54. The van der Waals surface area contributed by atoms with Gasteiger partial charge in [0.2, 0.25) is 0 Å². The van der Waals surface area contributed by atoms with E-state index in [9.17, 15) is 0 Å². The fraction of sp³-hybridized carbons (Fsp3) is 1.00. The van der Waals surface area contributed by atoms with Crippen molar-refractivity contribution in [2.75, 3.05) is 13.2 Å². The zero-order valence-corrected chi connectivity index (χ0v) is 9.30. The molecule has 0 spiro atoms. The highest BCUT2D eigenvalue weighted by Crippen LogP contribution is 2.29. The van der Waals surface area contributed by atoms with Gasteiger partial charge in [0, 0.05) is 12.6 Å². The second-order valence-electron chi connectivity index (χ2n) is 4.96. The maximum absolute atomic E-state index is 5.76. The molecule has 1 atom stereocenters. The van der Waals surface area contributed by atoms with Gasteiger partial charge in [0.15, 0.2) is 0 Å². The van der Waals surface area contributed by atoms with Crippen molar-refractivity contribution in [2.45, 2.75) is 57.6 Å². The SMILES string of the molecule is CC(CCCNC1CC1)OCC1CC1. The van der Waals surface area contributed by atoms with E-state index in [1.807, 2.05) is 0 Å². The summed E-state index contributed by atoms with van der Waals surface area (Å²) in [5.74, 6) is 0.905. The zero-order valence-electron chi connectivity index (χ0n) is 9.30. The van der Waals surface area contributed by atoms with E-state index in [-0.39, 0.29) is 0 Å². The van der Waals surface area contributed by atoms with Crippen LogP contribution in [0.5, 0.6) is 0 Å². The standard InChI is InChI=1S/C12H23NO/c1-10(14-9-11-4-5-11)3-2-8-13-12-6-7-12/h10-13H,2-9H2,1H3. The Labute approximate surface area is 87.4 Å². The Morgan fingerprint density at radius 3 is 2.71 bits per heavy atom. The third-order valence-electron chi connectivity index (χ3n) is 3.11. The number of hydrogen-bond donors (Lipinski definition) is 1. The number of hydrogen-bond acceptors (Lipinski definition) is 2. The molecule has 2 aliphatic carbocycles. The molecule has 2 fully saturated rings. The molecule has 0 aromatic carbocycles. The number of ether oxygens (including phenoxy) is 1. The molecule has 1 unspecified atom stereocenters. The topological polar surface area (TPSA) is 21.3 Å². The molecular formula is C12H23NO. The van der Waals surface area contributed by atoms with Gasteiger partial charge in [-0.1, -0.05) is 0 Å². The van der Waals surface area contributed by atoms with Crippen molar-refractivity contribution in [1.82, 2.24) is 5.32 Å². The van der Waals surface area contributed by atoms with Gasteiger partial charge in [0.25, 0.3) is 0 Å². The molecule has 0 aromatic rings. The summed E-state index contributed by atoms with van der Waals surface area (Å²) in [6, 6.07) is 0.859. The Hall–Kier alpha value is -0.0800. The van der Waals surface area contributed by atoms with E-state index < -0.39 is 0 Å². The molecule has 2 heteroatoms. The largest absolute Gasteiger partial charge is 0.378 e. The van der Waals surface area contributed by atoms with Crippen LogP contribution in [0.3, 0.4) is 0 Å². The predicted octanol–water partition coefficient (Wildman–Crippen LogP) is 2.33.